The third kappa shape index (κ3) is 5.00. The number of hydrogen-bond acceptors (Lipinski definition) is 8. The van der Waals surface area contributed by atoms with Gasteiger partial charge in [0.15, 0.2) is 17.3 Å². The SMILES string of the molecule is CSN(C)C1CCN(c2cccc(-c3ccc4nc(-c5cccnc5N)n(-c5ccc(C6(N)CCC6)cc5)c4n3)c2F)CC1. The summed E-state index contributed by atoms with van der Waals surface area (Å²) in [6.07, 6.45) is 8.87. The maximum atomic E-state index is 16.3. The largest absolute Gasteiger partial charge is 0.383 e. The number of aromatic nitrogens is 4. The number of piperidine rings is 1. The number of anilines is 2. The Morgan fingerprint density at radius 1 is 0.955 bits per heavy atom. The molecule has 0 atom stereocenters. The first-order valence-corrected chi connectivity index (χ1v) is 16.4. The van der Waals surface area contributed by atoms with Crippen molar-refractivity contribution >= 4 is 34.6 Å². The average Bonchev–Trinajstić information content (AvgIpc) is 3.42. The number of benzene rings is 2. The Hall–Kier alpha value is -3.99. The molecule has 2 fully saturated rings. The van der Waals surface area contributed by atoms with Crippen molar-refractivity contribution in [2.75, 3.05) is 37.0 Å². The minimum Gasteiger partial charge on any atom is -0.383 e. The fourth-order valence-electron chi connectivity index (χ4n) is 6.51. The fraction of sp³-hybridized carbons (Fsp3) is 0.324. The second-order valence-electron chi connectivity index (χ2n) is 11.9. The Balaban J connectivity index is 1.30. The van der Waals surface area contributed by atoms with E-state index in [9.17, 15) is 0 Å². The Morgan fingerprint density at radius 2 is 1.70 bits per heavy atom. The number of halogens is 1. The lowest BCUT2D eigenvalue weighted by Gasteiger charge is -2.38. The monoisotopic (exact) mass is 608 g/mol. The molecule has 2 aliphatic rings. The number of pyridine rings is 2. The van der Waals surface area contributed by atoms with Gasteiger partial charge in [-0.3, -0.25) is 8.87 Å². The van der Waals surface area contributed by atoms with Gasteiger partial charge in [0.05, 0.1) is 16.9 Å². The molecule has 4 heterocycles. The topological polar surface area (TPSA) is 102 Å². The van der Waals surface area contributed by atoms with Crippen molar-refractivity contribution in [1.29, 1.82) is 0 Å². The molecule has 0 radical (unpaired) electrons. The number of hydrogen-bond donors (Lipinski definition) is 2. The zero-order valence-corrected chi connectivity index (χ0v) is 25.9. The van der Waals surface area contributed by atoms with Crippen LogP contribution < -0.4 is 16.4 Å². The van der Waals surface area contributed by atoms with Gasteiger partial charge in [-0.15, -0.1) is 0 Å². The first-order valence-electron chi connectivity index (χ1n) is 15.2. The highest BCUT2D eigenvalue weighted by atomic mass is 32.2. The third-order valence-corrected chi connectivity index (χ3v) is 10.3. The van der Waals surface area contributed by atoms with E-state index < -0.39 is 0 Å². The zero-order chi connectivity index (χ0) is 30.4. The summed E-state index contributed by atoms with van der Waals surface area (Å²) in [5.74, 6) is 0.751. The molecule has 1 saturated carbocycles. The normalized spacial score (nSPS) is 16.9. The predicted molar refractivity (Wildman–Crippen MR) is 178 cm³/mol. The molecule has 0 spiro atoms. The van der Waals surface area contributed by atoms with Gasteiger partial charge in [-0.05, 0) is 99.5 Å². The minimum absolute atomic E-state index is 0.253. The van der Waals surface area contributed by atoms with Crippen LogP contribution in [0.25, 0.3) is 39.5 Å². The molecule has 0 amide bonds. The van der Waals surface area contributed by atoms with Crippen LogP contribution in [0.15, 0.2) is 72.9 Å². The summed E-state index contributed by atoms with van der Waals surface area (Å²) in [5, 5.41) is 0. The molecular weight excluding hydrogens is 571 g/mol. The molecule has 10 heteroatoms. The van der Waals surface area contributed by atoms with Gasteiger partial charge in [-0.2, -0.15) is 0 Å². The van der Waals surface area contributed by atoms with Crippen molar-refractivity contribution in [3.63, 3.8) is 0 Å². The van der Waals surface area contributed by atoms with E-state index in [1.165, 1.54) is 0 Å². The Morgan fingerprint density at radius 3 is 2.39 bits per heavy atom. The molecule has 1 aliphatic carbocycles. The summed E-state index contributed by atoms with van der Waals surface area (Å²) >= 11 is 1.75. The summed E-state index contributed by atoms with van der Waals surface area (Å²) in [7, 11) is 2.13. The van der Waals surface area contributed by atoms with E-state index in [0.29, 0.717) is 51.4 Å². The van der Waals surface area contributed by atoms with E-state index >= 15 is 4.39 Å². The summed E-state index contributed by atoms with van der Waals surface area (Å²) in [4.78, 5) is 16.4. The van der Waals surface area contributed by atoms with Gasteiger partial charge in [0.25, 0.3) is 0 Å². The zero-order valence-electron chi connectivity index (χ0n) is 25.1. The number of rotatable bonds is 7. The van der Waals surface area contributed by atoms with E-state index in [4.69, 9.17) is 21.4 Å². The van der Waals surface area contributed by atoms with Crippen molar-refractivity contribution in [2.45, 2.75) is 43.7 Å². The molecule has 7 rings (SSSR count). The van der Waals surface area contributed by atoms with Crippen molar-refractivity contribution in [2.24, 2.45) is 5.73 Å². The highest BCUT2D eigenvalue weighted by Gasteiger charge is 2.34. The molecule has 3 aromatic heterocycles. The maximum absolute atomic E-state index is 16.3. The lowest BCUT2D eigenvalue weighted by Crippen LogP contribution is -2.43. The second-order valence-corrected chi connectivity index (χ2v) is 12.8. The molecule has 0 bridgehead atoms. The van der Waals surface area contributed by atoms with Crippen LogP contribution in [0.1, 0.15) is 37.7 Å². The molecule has 44 heavy (non-hydrogen) atoms. The van der Waals surface area contributed by atoms with Gasteiger partial charge in [-0.1, -0.05) is 30.1 Å². The van der Waals surface area contributed by atoms with Crippen LogP contribution >= 0.6 is 11.9 Å². The van der Waals surface area contributed by atoms with E-state index in [0.717, 1.165) is 56.4 Å². The molecule has 2 aromatic carbocycles. The first-order chi connectivity index (χ1) is 21.4. The lowest BCUT2D eigenvalue weighted by atomic mass is 9.73. The third-order valence-electron chi connectivity index (χ3n) is 9.39. The standard InChI is InChI=1S/C34H37FN8S/c1-41(44-2)23-15-20-42(21-16-23)29-8-3-6-25(30(29)35)27-13-14-28-33(39-27)43(32(40-28)26-7-4-19-38-31(26)36)24-11-9-22(10-12-24)34(37)17-5-18-34/h3-4,6-14,19,23H,5,15-18,20-21,37H2,1-2H3,(H2,36,38). The lowest BCUT2D eigenvalue weighted by molar-refractivity contribution is 0.253. The van der Waals surface area contributed by atoms with Gasteiger partial charge >= 0.3 is 0 Å². The van der Waals surface area contributed by atoms with Crippen LogP contribution in [-0.4, -0.2) is 56.3 Å². The summed E-state index contributed by atoms with van der Waals surface area (Å²) < 4.78 is 20.5. The smallest absolute Gasteiger partial charge is 0.165 e. The van der Waals surface area contributed by atoms with Crippen LogP contribution in [0.3, 0.4) is 0 Å². The van der Waals surface area contributed by atoms with Crippen LogP contribution in [-0.2, 0) is 5.54 Å². The molecule has 1 aliphatic heterocycles. The number of nitrogens with two attached hydrogens (primary N) is 2. The van der Waals surface area contributed by atoms with Crippen molar-refractivity contribution in [3.8, 4) is 28.3 Å². The average molecular weight is 609 g/mol. The second kappa shape index (κ2) is 11.5. The van der Waals surface area contributed by atoms with E-state index in [2.05, 4.69) is 39.6 Å². The predicted octanol–water partition coefficient (Wildman–Crippen LogP) is 6.39. The molecule has 8 nitrogen and oxygen atoms in total. The van der Waals surface area contributed by atoms with Crippen LogP contribution in [0, 0.1) is 5.82 Å². The molecular formula is C34H37FN8S. The Labute approximate surface area is 261 Å². The van der Waals surface area contributed by atoms with Gasteiger partial charge in [0.2, 0.25) is 0 Å². The van der Waals surface area contributed by atoms with Crippen LogP contribution in [0.2, 0.25) is 0 Å². The van der Waals surface area contributed by atoms with E-state index in [1.807, 2.05) is 53.1 Å². The molecule has 226 valence electrons. The van der Waals surface area contributed by atoms with Gasteiger partial charge < -0.3 is 16.4 Å². The van der Waals surface area contributed by atoms with Crippen molar-refractivity contribution in [1.82, 2.24) is 23.8 Å². The summed E-state index contributed by atoms with van der Waals surface area (Å²) in [5.41, 5.74) is 18.3. The molecule has 0 unspecified atom stereocenters. The number of imidazole rings is 1. The summed E-state index contributed by atoms with van der Waals surface area (Å²) in [6, 6.07) is 21.9. The fourth-order valence-corrected chi connectivity index (χ4v) is 7.02. The molecule has 5 aromatic rings. The first kappa shape index (κ1) is 28.8. The number of nitrogens with zero attached hydrogens (tertiary/aromatic N) is 6. The van der Waals surface area contributed by atoms with Gasteiger partial charge in [0.1, 0.15) is 11.3 Å². The van der Waals surface area contributed by atoms with Crippen LogP contribution in [0.5, 0.6) is 0 Å². The number of nitrogen functional groups attached to an aromatic ring is 1. The molecule has 4 N–H and O–H groups in total. The Kier molecular flexibility index (Phi) is 7.52. The van der Waals surface area contributed by atoms with Crippen molar-refractivity contribution in [3.05, 3.63) is 84.3 Å². The van der Waals surface area contributed by atoms with Crippen molar-refractivity contribution < 1.29 is 4.39 Å². The quantitative estimate of drug-likeness (QED) is 0.205. The molecule has 1 saturated heterocycles. The van der Waals surface area contributed by atoms with E-state index in [1.54, 1.807) is 24.2 Å². The van der Waals surface area contributed by atoms with Gasteiger partial charge in [0, 0.05) is 42.1 Å². The van der Waals surface area contributed by atoms with Gasteiger partial charge in [-0.25, -0.2) is 19.3 Å². The summed E-state index contributed by atoms with van der Waals surface area (Å²) in [6.45, 7) is 1.62. The maximum Gasteiger partial charge on any atom is 0.165 e. The van der Waals surface area contributed by atoms with Crippen LogP contribution in [0.4, 0.5) is 15.9 Å². The minimum atomic E-state index is -0.264. The highest BCUT2D eigenvalue weighted by Crippen LogP contribution is 2.40. The Bertz CT molecular complexity index is 1810. The van der Waals surface area contributed by atoms with E-state index in [-0.39, 0.29) is 11.4 Å². The number of fused-ring (bicyclic) bond motifs is 1. The highest BCUT2D eigenvalue weighted by molar-refractivity contribution is 7.96.